The van der Waals surface area contributed by atoms with Crippen LogP contribution in [0, 0.1) is 35.5 Å². The highest BCUT2D eigenvalue weighted by Gasteiger charge is 2.62. The summed E-state index contributed by atoms with van der Waals surface area (Å²) in [6.07, 6.45) is 12.6. The average molecular weight is 728 g/mol. The summed E-state index contributed by atoms with van der Waals surface area (Å²) >= 11 is 1.94. The van der Waals surface area contributed by atoms with E-state index >= 15 is 0 Å². The summed E-state index contributed by atoms with van der Waals surface area (Å²) in [5, 5.41) is 2.74. The largest absolute Gasteiger partial charge is 0.310 e. The van der Waals surface area contributed by atoms with Crippen LogP contribution in [0.25, 0.3) is 42.4 Å². The van der Waals surface area contributed by atoms with Gasteiger partial charge in [0.1, 0.15) is 0 Å². The summed E-state index contributed by atoms with van der Waals surface area (Å²) in [5.74, 6) is 4.97. The molecule has 2 heteroatoms. The molecule has 0 aliphatic heterocycles. The van der Waals surface area contributed by atoms with Gasteiger partial charge in [0.2, 0.25) is 0 Å². The lowest BCUT2D eigenvalue weighted by atomic mass is 9.43. The van der Waals surface area contributed by atoms with E-state index in [1.165, 1.54) is 117 Å². The number of hydrogen-bond donors (Lipinski definition) is 0. The molecule has 6 saturated carbocycles. The van der Waals surface area contributed by atoms with Crippen molar-refractivity contribution in [2.24, 2.45) is 35.5 Å². The maximum atomic E-state index is 2.70. The predicted octanol–water partition coefficient (Wildman–Crippen LogP) is 14.3. The molecule has 1 heterocycles. The molecule has 1 nitrogen and oxygen atoms in total. The molecule has 3 atom stereocenters. The van der Waals surface area contributed by atoms with Gasteiger partial charge in [0.05, 0.1) is 0 Å². The summed E-state index contributed by atoms with van der Waals surface area (Å²) in [4.78, 5) is 2.65. The van der Waals surface area contributed by atoms with Gasteiger partial charge in [-0.1, -0.05) is 91.3 Å². The minimum absolute atomic E-state index is 0.142. The van der Waals surface area contributed by atoms with Crippen LogP contribution in [0.1, 0.15) is 80.0 Å². The van der Waals surface area contributed by atoms with Crippen molar-refractivity contribution in [3.05, 3.63) is 150 Å². The number of hydrogen-bond acceptors (Lipinski definition) is 2. The fourth-order valence-corrected chi connectivity index (χ4v) is 16.2. The van der Waals surface area contributed by atoms with Crippen molar-refractivity contribution < 1.29 is 0 Å². The van der Waals surface area contributed by atoms with Crippen molar-refractivity contribution in [3.63, 3.8) is 0 Å². The lowest BCUT2D eigenvalue weighted by Gasteiger charge is -2.61. The lowest BCUT2D eigenvalue weighted by Crippen LogP contribution is -2.55. The van der Waals surface area contributed by atoms with E-state index in [1.54, 1.807) is 22.3 Å². The fourth-order valence-electron chi connectivity index (χ4n) is 15.1. The number of thiophene rings is 1. The maximum absolute atomic E-state index is 2.70. The highest BCUT2D eigenvalue weighted by molar-refractivity contribution is 7.25. The molecule has 7 aromatic rings. The molecule has 8 aliphatic rings. The van der Waals surface area contributed by atoms with Gasteiger partial charge in [-0.15, -0.1) is 11.3 Å². The molecular formula is C53H45NS. The molecule has 268 valence electrons. The molecule has 0 saturated heterocycles. The standard InChI is InChI=1S/C53H45NS/c1-4-10-46-40(7-1)42-18-15-37(27-48(42)52(46)30-31-13-14-34(52)22-31)54(39-17-20-45-44-9-3-6-12-50(44)55-51(45)29-39)38-16-19-43-41-8-2-5-11-47(41)53(49(43)28-38)35-23-32-21-33(25-35)26-36(53)24-32/h1-12,15-20,27-29,31-36H,13-14,21-26,30H2. The molecule has 1 aromatic heterocycles. The Hall–Kier alpha value is -4.66. The van der Waals surface area contributed by atoms with Crippen molar-refractivity contribution in [2.75, 3.05) is 4.90 Å². The predicted molar refractivity (Wildman–Crippen MR) is 229 cm³/mol. The van der Waals surface area contributed by atoms with E-state index in [1.807, 2.05) is 11.3 Å². The van der Waals surface area contributed by atoms with Gasteiger partial charge >= 0.3 is 0 Å². The first-order valence-corrected chi connectivity index (χ1v) is 22.2. The Labute approximate surface area is 328 Å². The molecule has 0 amide bonds. The molecule has 6 bridgehead atoms. The Kier molecular flexibility index (Phi) is 5.88. The first-order valence-electron chi connectivity index (χ1n) is 21.4. The van der Waals surface area contributed by atoms with Crippen molar-refractivity contribution in [3.8, 4) is 22.3 Å². The molecule has 8 aliphatic carbocycles. The van der Waals surface area contributed by atoms with Crippen LogP contribution < -0.4 is 4.90 Å². The smallest absolute Gasteiger partial charge is 0.0476 e. The Morgan fingerprint density at radius 2 is 1.02 bits per heavy atom. The molecule has 55 heavy (non-hydrogen) atoms. The zero-order chi connectivity index (χ0) is 35.6. The number of rotatable bonds is 3. The van der Waals surface area contributed by atoms with E-state index in [0.29, 0.717) is 0 Å². The second kappa shape index (κ2) is 10.6. The summed E-state index contributed by atoms with van der Waals surface area (Å²) in [5.41, 5.74) is 16.6. The van der Waals surface area contributed by atoms with E-state index in [9.17, 15) is 0 Å². The second-order valence-electron chi connectivity index (χ2n) is 18.9. The number of nitrogens with zero attached hydrogens (tertiary/aromatic N) is 1. The number of anilines is 3. The third-order valence-electron chi connectivity index (χ3n) is 16.7. The molecule has 0 radical (unpaired) electrons. The van der Waals surface area contributed by atoms with Gasteiger partial charge in [0.15, 0.2) is 0 Å². The van der Waals surface area contributed by atoms with Gasteiger partial charge in [0.25, 0.3) is 0 Å². The van der Waals surface area contributed by atoms with Gasteiger partial charge in [-0.05, 0) is 174 Å². The summed E-state index contributed by atoms with van der Waals surface area (Å²) in [6, 6.07) is 50.6. The second-order valence-corrected chi connectivity index (χ2v) is 20.0. The Morgan fingerprint density at radius 3 is 1.76 bits per heavy atom. The topological polar surface area (TPSA) is 3.24 Å². The van der Waals surface area contributed by atoms with E-state index in [2.05, 4.69) is 132 Å². The third-order valence-corrected chi connectivity index (χ3v) is 17.8. The quantitative estimate of drug-likeness (QED) is 0.175. The maximum Gasteiger partial charge on any atom is 0.0476 e. The van der Waals surface area contributed by atoms with E-state index < -0.39 is 0 Å². The van der Waals surface area contributed by atoms with Gasteiger partial charge in [-0.2, -0.15) is 0 Å². The molecule has 6 fully saturated rings. The van der Waals surface area contributed by atoms with Gasteiger partial charge < -0.3 is 4.90 Å². The third kappa shape index (κ3) is 3.77. The minimum atomic E-state index is 0.142. The first kappa shape index (κ1) is 30.5. The average Bonchev–Trinajstić information content (AvgIpc) is 4.03. The van der Waals surface area contributed by atoms with Crippen LogP contribution in [0.2, 0.25) is 0 Å². The molecular weight excluding hydrogens is 683 g/mol. The summed E-state index contributed by atoms with van der Waals surface area (Å²) in [6.45, 7) is 0. The van der Waals surface area contributed by atoms with Crippen LogP contribution in [0.3, 0.4) is 0 Å². The van der Waals surface area contributed by atoms with Gasteiger partial charge in [0, 0.05) is 48.1 Å². The van der Waals surface area contributed by atoms with Crippen LogP contribution in [0.15, 0.2) is 127 Å². The summed E-state index contributed by atoms with van der Waals surface area (Å²) < 4.78 is 2.74. The Balaban J connectivity index is 1.00. The van der Waals surface area contributed by atoms with Crippen LogP contribution in [-0.4, -0.2) is 0 Å². The van der Waals surface area contributed by atoms with E-state index in [4.69, 9.17) is 0 Å². The normalized spacial score (nSPS) is 31.1. The molecule has 2 spiro atoms. The number of benzene rings is 6. The first-order chi connectivity index (χ1) is 27.2. The van der Waals surface area contributed by atoms with Crippen LogP contribution in [-0.2, 0) is 10.8 Å². The molecule has 6 aromatic carbocycles. The lowest BCUT2D eigenvalue weighted by molar-refractivity contribution is -0.0399. The van der Waals surface area contributed by atoms with Crippen molar-refractivity contribution in [1.29, 1.82) is 0 Å². The van der Waals surface area contributed by atoms with Crippen molar-refractivity contribution in [1.82, 2.24) is 0 Å². The van der Waals surface area contributed by atoms with Gasteiger partial charge in [-0.25, -0.2) is 0 Å². The van der Waals surface area contributed by atoms with E-state index in [0.717, 1.165) is 35.5 Å². The highest BCUT2D eigenvalue weighted by atomic mass is 32.1. The minimum Gasteiger partial charge on any atom is -0.310 e. The fraction of sp³-hybridized carbons (Fsp3) is 0.321. The van der Waals surface area contributed by atoms with Crippen molar-refractivity contribution in [2.45, 2.75) is 68.6 Å². The number of fused-ring (bicyclic) bond motifs is 14. The molecule has 0 N–H and O–H groups in total. The van der Waals surface area contributed by atoms with Crippen molar-refractivity contribution >= 4 is 48.6 Å². The highest BCUT2D eigenvalue weighted by Crippen LogP contribution is 2.70. The summed E-state index contributed by atoms with van der Waals surface area (Å²) in [7, 11) is 0. The zero-order valence-electron chi connectivity index (χ0n) is 31.3. The monoisotopic (exact) mass is 727 g/mol. The Bertz CT molecular complexity index is 2760. The van der Waals surface area contributed by atoms with Crippen LogP contribution >= 0.6 is 11.3 Å². The molecule has 3 unspecified atom stereocenters. The SMILES string of the molecule is c1ccc2c(c1)-c1ccc(N(c3ccc4c(c3)C3(c5ccccc5-4)C4CC5CC(C4)CC3C5)c3ccc4c(c3)sc3ccccc34)cc1C21CC2CCC1C2. The zero-order valence-corrected chi connectivity index (χ0v) is 32.1. The Morgan fingerprint density at radius 1 is 0.436 bits per heavy atom. The molecule has 15 rings (SSSR count). The van der Waals surface area contributed by atoms with E-state index in [-0.39, 0.29) is 10.8 Å². The van der Waals surface area contributed by atoms with Crippen LogP contribution in [0.5, 0.6) is 0 Å². The van der Waals surface area contributed by atoms with Gasteiger partial charge in [-0.3, -0.25) is 0 Å². The van der Waals surface area contributed by atoms with Crippen LogP contribution in [0.4, 0.5) is 17.1 Å².